The summed E-state index contributed by atoms with van der Waals surface area (Å²) in [6, 6.07) is 59.7. The largest absolute Gasteiger partial charge is 0.494 e. The van der Waals surface area contributed by atoms with Gasteiger partial charge in [-0.3, -0.25) is 0 Å². The summed E-state index contributed by atoms with van der Waals surface area (Å²) in [4.78, 5) is 0. The Labute approximate surface area is 321 Å². The molecule has 7 rings (SSSR count). The van der Waals surface area contributed by atoms with Gasteiger partial charge in [0, 0.05) is 0 Å². The highest BCUT2D eigenvalue weighted by Crippen LogP contribution is 2.22. The van der Waals surface area contributed by atoms with Crippen LogP contribution in [0, 0.1) is 33.5 Å². The summed E-state index contributed by atoms with van der Waals surface area (Å²) in [5.41, 5.74) is 7.86. The van der Waals surface area contributed by atoms with E-state index in [0.29, 0.717) is 12.2 Å². The first kappa shape index (κ1) is 40.6. The molecule has 7 aromatic carbocycles. The van der Waals surface area contributed by atoms with E-state index in [1.54, 1.807) is 13.0 Å². The number of aryl methyl sites for hydroxylation is 4. The molecule has 4 heteroatoms. The molecule has 3 nitrogen and oxygen atoms in total. The van der Waals surface area contributed by atoms with E-state index in [-0.39, 0.29) is 5.82 Å². The van der Waals surface area contributed by atoms with E-state index in [0.717, 1.165) is 41.6 Å². The molecule has 0 aliphatic heterocycles. The summed E-state index contributed by atoms with van der Waals surface area (Å²) in [6.45, 7) is 11.3. The molecule has 0 saturated heterocycles. The van der Waals surface area contributed by atoms with Crippen LogP contribution in [0.5, 0.6) is 23.0 Å². The van der Waals surface area contributed by atoms with Crippen LogP contribution in [0.15, 0.2) is 182 Å². The SMILES string of the molecule is CCOc1ccccc1.Cc1ccc(Cc2ccc(C)c(F)c2)cc1.Cc1ccc(Oc2ccc(C)cc2)cc1.c1ccc(COc2ccccc2)cc1. The van der Waals surface area contributed by atoms with Crippen LogP contribution in [-0.2, 0) is 13.0 Å². The molecule has 0 atom stereocenters. The van der Waals surface area contributed by atoms with Gasteiger partial charge in [0.05, 0.1) is 6.61 Å². The van der Waals surface area contributed by atoms with Crippen molar-refractivity contribution in [1.29, 1.82) is 0 Å². The second-order valence-electron chi connectivity index (χ2n) is 12.8. The Morgan fingerprint density at radius 1 is 0.407 bits per heavy atom. The maximum absolute atomic E-state index is 13.3. The Hall–Kier alpha value is -6.13. The monoisotopic (exact) mass is 718 g/mol. The lowest BCUT2D eigenvalue weighted by Gasteiger charge is -2.05. The average Bonchev–Trinajstić information content (AvgIpc) is 3.20. The minimum Gasteiger partial charge on any atom is -0.494 e. The first-order valence-corrected chi connectivity index (χ1v) is 18.3. The molecule has 0 radical (unpaired) electrons. The summed E-state index contributed by atoms with van der Waals surface area (Å²) in [6.07, 6.45) is 0.789. The zero-order valence-electron chi connectivity index (χ0n) is 32.0. The Morgan fingerprint density at radius 3 is 1.30 bits per heavy atom. The van der Waals surface area contributed by atoms with Crippen LogP contribution in [0.4, 0.5) is 4.39 Å². The molecule has 0 bridgehead atoms. The van der Waals surface area contributed by atoms with Crippen molar-refractivity contribution >= 4 is 0 Å². The fourth-order valence-electron chi connectivity index (χ4n) is 4.98. The second-order valence-corrected chi connectivity index (χ2v) is 12.8. The highest BCUT2D eigenvalue weighted by atomic mass is 19.1. The third kappa shape index (κ3) is 15.6. The Morgan fingerprint density at radius 2 is 0.833 bits per heavy atom. The number of hydrogen-bond acceptors (Lipinski definition) is 3. The molecular formula is C50H51FO3. The van der Waals surface area contributed by atoms with E-state index in [1.165, 1.54) is 27.8 Å². The van der Waals surface area contributed by atoms with Gasteiger partial charge < -0.3 is 14.2 Å². The van der Waals surface area contributed by atoms with Gasteiger partial charge in [0.15, 0.2) is 0 Å². The minimum atomic E-state index is -0.121. The van der Waals surface area contributed by atoms with Crippen LogP contribution in [0.2, 0.25) is 0 Å². The summed E-state index contributed by atoms with van der Waals surface area (Å²) in [5, 5.41) is 0. The standard InChI is InChI=1S/C15H15F.C14H14O.C13H12O.C8H10O/c1-11-3-6-13(7-4-11)9-14-8-5-12(2)15(16)10-14;1-11-3-7-13(8-4-11)15-14-9-5-12(2)6-10-14;1-3-7-12(8-4-1)11-14-13-9-5-2-6-10-13;1-2-9-8-6-4-3-5-7-8/h3-8,10H,9H2,1-2H3;3-10H,1-2H3;1-10H,11H2;3-7H,2H2,1H3. The fraction of sp³-hybridized carbons (Fsp3) is 0.160. The molecule has 0 aliphatic carbocycles. The first-order chi connectivity index (χ1) is 26.3. The third-order valence-corrected chi connectivity index (χ3v) is 8.09. The van der Waals surface area contributed by atoms with E-state index in [9.17, 15) is 4.39 Å². The van der Waals surface area contributed by atoms with Crippen LogP contribution in [0.1, 0.15) is 45.9 Å². The molecule has 0 N–H and O–H groups in total. The van der Waals surface area contributed by atoms with Gasteiger partial charge in [0.25, 0.3) is 0 Å². The molecule has 276 valence electrons. The van der Waals surface area contributed by atoms with E-state index >= 15 is 0 Å². The van der Waals surface area contributed by atoms with Crippen LogP contribution < -0.4 is 14.2 Å². The molecule has 0 spiro atoms. The van der Waals surface area contributed by atoms with Crippen molar-refractivity contribution in [2.24, 2.45) is 0 Å². The molecule has 7 aromatic rings. The normalized spacial score (nSPS) is 9.89. The maximum Gasteiger partial charge on any atom is 0.127 e. The first-order valence-electron chi connectivity index (χ1n) is 18.3. The van der Waals surface area contributed by atoms with Gasteiger partial charge in [-0.25, -0.2) is 4.39 Å². The molecule has 0 unspecified atom stereocenters. The number of halogens is 1. The van der Waals surface area contributed by atoms with Crippen molar-refractivity contribution in [2.45, 2.75) is 47.6 Å². The van der Waals surface area contributed by atoms with E-state index in [1.807, 2.05) is 146 Å². The van der Waals surface area contributed by atoms with Crippen molar-refractivity contribution in [3.05, 3.63) is 227 Å². The third-order valence-electron chi connectivity index (χ3n) is 8.09. The molecule has 0 fully saturated rings. The molecule has 54 heavy (non-hydrogen) atoms. The number of para-hydroxylation sites is 2. The van der Waals surface area contributed by atoms with Crippen molar-refractivity contribution in [2.75, 3.05) is 6.61 Å². The predicted molar refractivity (Wildman–Crippen MR) is 222 cm³/mol. The lowest BCUT2D eigenvalue weighted by molar-refractivity contribution is 0.306. The zero-order chi connectivity index (χ0) is 38.4. The number of ether oxygens (including phenoxy) is 3. The lowest BCUT2D eigenvalue weighted by atomic mass is 10.0. The average molecular weight is 719 g/mol. The van der Waals surface area contributed by atoms with Gasteiger partial charge in [-0.1, -0.05) is 144 Å². The van der Waals surface area contributed by atoms with Gasteiger partial charge in [-0.15, -0.1) is 0 Å². The number of benzene rings is 7. The van der Waals surface area contributed by atoms with Gasteiger partial charge >= 0.3 is 0 Å². The summed E-state index contributed by atoms with van der Waals surface area (Å²) >= 11 is 0. The van der Waals surface area contributed by atoms with Crippen molar-refractivity contribution in [1.82, 2.24) is 0 Å². The topological polar surface area (TPSA) is 27.7 Å². The van der Waals surface area contributed by atoms with Crippen molar-refractivity contribution < 1.29 is 18.6 Å². The summed E-state index contributed by atoms with van der Waals surface area (Å²) in [5.74, 6) is 3.50. The Bertz CT molecular complexity index is 1940. The molecule has 0 heterocycles. The molecule has 0 aliphatic rings. The van der Waals surface area contributed by atoms with E-state index < -0.39 is 0 Å². The summed E-state index contributed by atoms with van der Waals surface area (Å²) < 4.78 is 29.8. The lowest BCUT2D eigenvalue weighted by Crippen LogP contribution is -1.94. The van der Waals surface area contributed by atoms with Crippen LogP contribution in [-0.4, -0.2) is 6.61 Å². The number of rotatable bonds is 9. The fourth-order valence-corrected chi connectivity index (χ4v) is 4.98. The highest BCUT2D eigenvalue weighted by molar-refractivity contribution is 5.34. The van der Waals surface area contributed by atoms with Crippen molar-refractivity contribution in [3.8, 4) is 23.0 Å². The molecule has 0 saturated carbocycles. The Balaban J connectivity index is 0.000000163. The van der Waals surface area contributed by atoms with Gasteiger partial charge in [-0.2, -0.15) is 0 Å². The minimum absolute atomic E-state index is 0.121. The zero-order valence-corrected chi connectivity index (χ0v) is 32.0. The molecule has 0 aromatic heterocycles. The molecule has 0 amide bonds. The number of hydrogen-bond donors (Lipinski definition) is 0. The molecular weight excluding hydrogens is 668 g/mol. The van der Waals surface area contributed by atoms with Crippen LogP contribution in [0.25, 0.3) is 0 Å². The van der Waals surface area contributed by atoms with Gasteiger partial charge in [-0.05, 0) is 118 Å². The summed E-state index contributed by atoms with van der Waals surface area (Å²) in [7, 11) is 0. The van der Waals surface area contributed by atoms with E-state index in [2.05, 4.69) is 57.2 Å². The highest BCUT2D eigenvalue weighted by Gasteiger charge is 2.01. The predicted octanol–water partition coefficient (Wildman–Crippen LogP) is 13.5. The second kappa shape index (κ2) is 22.7. The van der Waals surface area contributed by atoms with E-state index in [4.69, 9.17) is 14.2 Å². The van der Waals surface area contributed by atoms with Gasteiger partial charge in [0.1, 0.15) is 35.4 Å². The maximum atomic E-state index is 13.3. The van der Waals surface area contributed by atoms with Crippen LogP contribution in [0.3, 0.4) is 0 Å². The van der Waals surface area contributed by atoms with Gasteiger partial charge in [0.2, 0.25) is 0 Å². The Kier molecular flexibility index (Phi) is 17.1. The quantitative estimate of drug-likeness (QED) is 0.149. The van der Waals surface area contributed by atoms with Crippen LogP contribution >= 0.6 is 0 Å². The smallest absolute Gasteiger partial charge is 0.127 e. The van der Waals surface area contributed by atoms with Crippen molar-refractivity contribution in [3.63, 3.8) is 0 Å².